The molecule has 2 aromatic rings. The van der Waals surface area contributed by atoms with Gasteiger partial charge in [0.05, 0.1) is 11.6 Å². The fraction of sp³-hybridized carbons (Fsp3) is 0.429. The van der Waals surface area contributed by atoms with Crippen molar-refractivity contribution in [1.82, 2.24) is 14.8 Å². The summed E-state index contributed by atoms with van der Waals surface area (Å²) in [5.74, 6) is 1.27. The summed E-state index contributed by atoms with van der Waals surface area (Å²) in [6, 6.07) is 4.81. The molecular formula is C21H20N4O5. The smallest absolute Gasteiger partial charge is 0.332 e. The largest absolute Gasteiger partial charge is 0.454 e. The van der Waals surface area contributed by atoms with Crippen molar-refractivity contribution in [2.75, 3.05) is 32.3 Å². The first kappa shape index (κ1) is 17.5. The number of carbonyl (C=O) groups excluding carboxylic acids is 3. The second-order valence-corrected chi connectivity index (χ2v) is 8.38. The molecule has 9 nitrogen and oxygen atoms in total. The molecule has 4 aliphatic rings. The maximum absolute atomic E-state index is 13.4. The van der Waals surface area contributed by atoms with Gasteiger partial charge in [0.1, 0.15) is 5.82 Å². The minimum atomic E-state index is -1.31. The third kappa shape index (κ3) is 1.97. The van der Waals surface area contributed by atoms with Crippen molar-refractivity contribution < 1.29 is 23.9 Å². The average Bonchev–Trinajstić information content (AvgIpc) is 3.41. The first-order valence-corrected chi connectivity index (χ1v) is 10.0. The summed E-state index contributed by atoms with van der Waals surface area (Å²) in [6.07, 6.45) is 1.78. The highest BCUT2D eigenvalue weighted by Crippen LogP contribution is 2.49. The van der Waals surface area contributed by atoms with E-state index in [1.165, 1.54) is 14.1 Å². The van der Waals surface area contributed by atoms with Crippen LogP contribution in [-0.2, 0) is 16.0 Å². The number of nitrogens with zero attached hydrogens (tertiary/aromatic N) is 4. The molecule has 0 saturated carbocycles. The number of amides is 4. The van der Waals surface area contributed by atoms with E-state index in [0.717, 1.165) is 38.5 Å². The van der Waals surface area contributed by atoms with E-state index in [2.05, 4.69) is 4.90 Å². The Labute approximate surface area is 172 Å². The quantitative estimate of drug-likeness (QED) is 0.611. The maximum Gasteiger partial charge on any atom is 0.332 e. The minimum Gasteiger partial charge on any atom is -0.454 e. The van der Waals surface area contributed by atoms with E-state index in [0.29, 0.717) is 24.5 Å². The zero-order chi connectivity index (χ0) is 20.8. The summed E-state index contributed by atoms with van der Waals surface area (Å²) in [7, 11) is 2.90. The number of rotatable bonds is 0. The molecule has 154 valence electrons. The van der Waals surface area contributed by atoms with Crippen molar-refractivity contribution in [2.45, 2.75) is 25.3 Å². The second-order valence-electron chi connectivity index (χ2n) is 8.38. The van der Waals surface area contributed by atoms with Gasteiger partial charge in [-0.3, -0.25) is 19.4 Å². The van der Waals surface area contributed by atoms with E-state index in [1.54, 1.807) is 0 Å². The van der Waals surface area contributed by atoms with Crippen LogP contribution in [0.5, 0.6) is 11.5 Å². The van der Waals surface area contributed by atoms with Gasteiger partial charge in [-0.2, -0.15) is 0 Å². The second kappa shape index (κ2) is 5.62. The molecule has 2 fully saturated rings. The van der Waals surface area contributed by atoms with Crippen molar-refractivity contribution in [3.63, 3.8) is 0 Å². The lowest BCUT2D eigenvalue weighted by molar-refractivity contribution is -0.159. The Morgan fingerprint density at radius 1 is 1.03 bits per heavy atom. The third-order valence-electron chi connectivity index (χ3n) is 6.87. The summed E-state index contributed by atoms with van der Waals surface area (Å²) in [4.78, 5) is 48.3. The highest BCUT2D eigenvalue weighted by molar-refractivity contribution is 6.20. The average molecular weight is 408 g/mol. The lowest BCUT2D eigenvalue weighted by Gasteiger charge is -2.50. The van der Waals surface area contributed by atoms with E-state index in [9.17, 15) is 14.4 Å². The van der Waals surface area contributed by atoms with Gasteiger partial charge in [-0.1, -0.05) is 0 Å². The van der Waals surface area contributed by atoms with Crippen LogP contribution in [0.1, 0.15) is 18.4 Å². The van der Waals surface area contributed by atoms with E-state index in [4.69, 9.17) is 14.5 Å². The number of anilines is 1. The number of imide groups is 2. The highest BCUT2D eigenvalue weighted by Gasteiger charge is 2.64. The number of fused-ring (bicyclic) bond motifs is 6. The molecule has 1 atom stereocenters. The number of hydrogen-bond donors (Lipinski definition) is 0. The summed E-state index contributed by atoms with van der Waals surface area (Å²) in [5.41, 5.74) is 0.301. The number of carbonyl (C=O) groups is 3. The Kier molecular flexibility index (Phi) is 3.28. The predicted molar refractivity (Wildman–Crippen MR) is 105 cm³/mol. The van der Waals surface area contributed by atoms with Crippen LogP contribution in [0.2, 0.25) is 0 Å². The third-order valence-corrected chi connectivity index (χ3v) is 6.87. The van der Waals surface area contributed by atoms with Crippen LogP contribution in [0.4, 0.5) is 10.6 Å². The van der Waals surface area contributed by atoms with Crippen LogP contribution >= 0.6 is 0 Å². The minimum absolute atomic E-state index is 0.179. The number of barbiturate groups is 1. The normalized spacial score (nSPS) is 24.1. The van der Waals surface area contributed by atoms with Gasteiger partial charge in [0.2, 0.25) is 18.6 Å². The first-order valence-electron chi connectivity index (χ1n) is 10.0. The maximum atomic E-state index is 13.4. The topological polar surface area (TPSA) is 92.3 Å². The van der Waals surface area contributed by atoms with Crippen molar-refractivity contribution in [2.24, 2.45) is 5.41 Å². The van der Waals surface area contributed by atoms with Crippen LogP contribution in [-0.4, -0.2) is 66.1 Å². The van der Waals surface area contributed by atoms with E-state index in [1.807, 2.05) is 18.2 Å². The molecule has 5 heterocycles. The summed E-state index contributed by atoms with van der Waals surface area (Å²) < 4.78 is 11.0. The molecule has 0 radical (unpaired) electrons. The molecule has 4 aliphatic heterocycles. The van der Waals surface area contributed by atoms with Crippen LogP contribution in [0.3, 0.4) is 0 Å². The summed E-state index contributed by atoms with van der Waals surface area (Å²) in [5, 5.41) is 0.860. The Hall–Kier alpha value is -3.36. The van der Waals surface area contributed by atoms with Crippen LogP contribution in [0, 0.1) is 5.41 Å². The molecule has 1 aromatic carbocycles. The van der Waals surface area contributed by atoms with Gasteiger partial charge >= 0.3 is 6.03 Å². The molecule has 9 heteroatoms. The van der Waals surface area contributed by atoms with Crippen molar-refractivity contribution in [3.05, 3.63) is 23.8 Å². The molecule has 1 aromatic heterocycles. The first-order chi connectivity index (χ1) is 14.4. The number of aromatic nitrogens is 1. The lowest BCUT2D eigenvalue weighted by atomic mass is 9.68. The van der Waals surface area contributed by atoms with E-state index >= 15 is 0 Å². The molecule has 0 N–H and O–H groups in total. The molecule has 30 heavy (non-hydrogen) atoms. The molecule has 4 amide bonds. The highest BCUT2D eigenvalue weighted by atomic mass is 16.7. The van der Waals surface area contributed by atoms with E-state index < -0.39 is 23.3 Å². The Bertz CT molecular complexity index is 1140. The van der Waals surface area contributed by atoms with Crippen molar-refractivity contribution in [3.8, 4) is 11.5 Å². The zero-order valence-corrected chi connectivity index (χ0v) is 16.7. The van der Waals surface area contributed by atoms with Crippen molar-refractivity contribution in [1.29, 1.82) is 0 Å². The van der Waals surface area contributed by atoms with Gasteiger partial charge in [0, 0.05) is 38.5 Å². The molecule has 1 spiro atoms. The fourth-order valence-corrected chi connectivity index (χ4v) is 5.45. The SMILES string of the molecule is CN1C(=O)N(C)C(=O)C2(Cc3cc4cc5c(cc4nc3N3CCCC32)OCO5)C1=O. The number of urea groups is 1. The number of hydrogen-bond acceptors (Lipinski definition) is 7. The van der Waals surface area contributed by atoms with Gasteiger partial charge in [-0.15, -0.1) is 0 Å². The molecular weight excluding hydrogens is 388 g/mol. The van der Waals surface area contributed by atoms with E-state index in [-0.39, 0.29) is 19.3 Å². The standard InChI is InChI=1S/C21H20N4O5/c1-23-18(26)21(19(27)24(2)20(23)28)9-12-6-11-7-14-15(30-10-29-14)8-13(11)22-17(12)25-5-3-4-16(21)25/h6-8,16H,3-5,9-10H2,1-2H3. The van der Waals surface area contributed by atoms with Crippen molar-refractivity contribution >= 4 is 34.6 Å². The summed E-state index contributed by atoms with van der Waals surface area (Å²) >= 11 is 0. The lowest BCUT2D eigenvalue weighted by Crippen LogP contribution is -2.70. The monoisotopic (exact) mass is 408 g/mol. The number of ether oxygens (including phenoxy) is 2. The molecule has 1 unspecified atom stereocenters. The zero-order valence-electron chi connectivity index (χ0n) is 16.7. The fourth-order valence-electron chi connectivity index (χ4n) is 5.45. The number of pyridine rings is 1. The van der Waals surface area contributed by atoms with Crippen LogP contribution in [0.25, 0.3) is 10.9 Å². The van der Waals surface area contributed by atoms with Gasteiger partial charge in [-0.25, -0.2) is 9.78 Å². The molecule has 0 aliphatic carbocycles. The molecule has 6 rings (SSSR count). The predicted octanol–water partition coefficient (Wildman–Crippen LogP) is 1.53. The van der Waals surface area contributed by atoms with Gasteiger partial charge in [0.15, 0.2) is 16.9 Å². The molecule has 0 bridgehead atoms. The Morgan fingerprint density at radius 3 is 2.47 bits per heavy atom. The summed E-state index contributed by atoms with van der Waals surface area (Å²) in [6.45, 7) is 0.892. The van der Waals surface area contributed by atoms with Gasteiger partial charge in [0.25, 0.3) is 0 Å². The Morgan fingerprint density at radius 2 is 1.73 bits per heavy atom. The van der Waals surface area contributed by atoms with Gasteiger partial charge < -0.3 is 14.4 Å². The van der Waals surface area contributed by atoms with Gasteiger partial charge in [-0.05, 0) is 30.5 Å². The molecule has 2 saturated heterocycles. The van der Waals surface area contributed by atoms with Crippen LogP contribution in [0.15, 0.2) is 18.2 Å². The Balaban J connectivity index is 1.56. The number of benzene rings is 1. The van der Waals surface area contributed by atoms with Crippen LogP contribution < -0.4 is 14.4 Å².